The summed E-state index contributed by atoms with van der Waals surface area (Å²) in [6.07, 6.45) is 0.967. The number of hydrogen-bond donors (Lipinski definition) is 1. The molecule has 2 atom stereocenters. The van der Waals surface area contributed by atoms with E-state index in [0.29, 0.717) is 12.5 Å². The quantitative estimate of drug-likeness (QED) is 0.743. The number of benzene rings is 2. The maximum absolute atomic E-state index is 13.5. The summed E-state index contributed by atoms with van der Waals surface area (Å²) in [5, 5.41) is 0.907. The lowest BCUT2D eigenvalue weighted by atomic mass is 9.99. The summed E-state index contributed by atoms with van der Waals surface area (Å²) < 4.78 is 0. The second-order valence-electron chi connectivity index (χ2n) is 8.03. The molecule has 0 radical (unpaired) electrons. The zero-order chi connectivity index (χ0) is 19.8. The third-order valence-electron chi connectivity index (χ3n) is 5.86. The number of aromatic nitrogens is 1. The Morgan fingerprint density at radius 3 is 2.68 bits per heavy atom. The van der Waals surface area contributed by atoms with Gasteiger partial charge in [0, 0.05) is 23.5 Å². The highest BCUT2D eigenvalue weighted by atomic mass is 16.2. The minimum absolute atomic E-state index is 0.0769. The fraction of sp³-hybridized carbons (Fsp3) is 0.333. The van der Waals surface area contributed by atoms with E-state index in [9.17, 15) is 4.79 Å². The zero-order valence-corrected chi connectivity index (χ0v) is 16.8. The van der Waals surface area contributed by atoms with Gasteiger partial charge in [0.25, 0.3) is 5.91 Å². The number of carbonyl (C=O) groups excluding carboxylic acids is 1. The molecule has 1 saturated heterocycles. The number of amides is 1. The molecule has 2 aromatic carbocycles. The molecule has 28 heavy (non-hydrogen) atoms. The Bertz CT molecular complexity index is 1040. The van der Waals surface area contributed by atoms with E-state index in [1.165, 1.54) is 11.1 Å². The molecule has 4 nitrogen and oxygen atoms in total. The molecule has 1 fully saturated rings. The lowest BCUT2D eigenvalue weighted by Crippen LogP contribution is -2.34. The van der Waals surface area contributed by atoms with Crippen LogP contribution in [0, 0.1) is 19.8 Å². The first-order valence-electron chi connectivity index (χ1n) is 9.96. The normalized spacial score (nSPS) is 19.4. The van der Waals surface area contributed by atoms with Crippen LogP contribution >= 0.6 is 0 Å². The van der Waals surface area contributed by atoms with Crippen LogP contribution in [0.4, 0.5) is 0 Å². The summed E-state index contributed by atoms with van der Waals surface area (Å²) in [6, 6.07) is 16.4. The van der Waals surface area contributed by atoms with Crippen LogP contribution in [-0.4, -0.2) is 34.9 Å². The van der Waals surface area contributed by atoms with Crippen molar-refractivity contribution in [1.82, 2.24) is 9.88 Å². The zero-order valence-electron chi connectivity index (χ0n) is 16.8. The Morgan fingerprint density at radius 1 is 1.18 bits per heavy atom. The first kappa shape index (κ1) is 18.6. The Balaban J connectivity index is 1.84. The molecule has 1 amide bonds. The molecule has 1 aliphatic heterocycles. The molecule has 144 valence electrons. The topological polar surface area (TPSA) is 59.2 Å². The van der Waals surface area contributed by atoms with E-state index in [-0.39, 0.29) is 11.9 Å². The van der Waals surface area contributed by atoms with Crippen LogP contribution in [0.3, 0.4) is 0 Å². The molecule has 1 aliphatic rings. The van der Waals surface area contributed by atoms with E-state index in [0.717, 1.165) is 40.7 Å². The van der Waals surface area contributed by atoms with Gasteiger partial charge in [0.15, 0.2) is 0 Å². The number of nitrogens with two attached hydrogens (primary N) is 1. The van der Waals surface area contributed by atoms with Gasteiger partial charge in [-0.2, -0.15) is 0 Å². The van der Waals surface area contributed by atoms with Crippen molar-refractivity contribution in [1.29, 1.82) is 0 Å². The van der Waals surface area contributed by atoms with Crippen molar-refractivity contribution in [3.63, 3.8) is 0 Å². The van der Waals surface area contributed by atoms with Gasteiger partial charge in [-0.25, -0.2) is 4.98 Å². The van der Waals surface area contributed by atoms with Gasteiger partial charge in [-0.3, -0.25) is 4.79 Å². The van der Waals surface area contributed by atoms with E-state index in [2.05, 4.69) is 39.0 Å². The monoisotopic (exact) mass is 373 g/mol. The predicted molar refractivity (Wildman–Crippen MR) is 114 cm³/mol. The number of hydrogen-bond acceptors (Lipinski definition) is 3. The minimum Gasteiger partial charge on any atom is -0.336 e. The molecule has 1 aromatic heterocycles. The first-order chi connectivity index (χ1) is 13.5. The number of aryl methyl sites for hydroxylation is 2. The van der Waals surface area contributed by atoms with Crippen LogP contribution in [-0.2, 0) is 0 Å². The maximum atomic E-state index is 13.5. The second-order valence-corrected chi connectivity index (χ2v) is 8.03. The number of likely N-dealkylation sites (tertiary alicyclic amines) is 1. The Morgan fingerprint density at radius 2 is 1.96 bits per heavy atom. The molecule has 0 saturated carbocycles. The number of pyridine rings is 1. The number of para-hydroxylation sites is 1. The number of rotatable bonds is 3. The SMILES string of the molecule is Cc1ccc(-c2cc(C(=O)N3CC(CN)CC3C)c3ccccc3n2)c(C)c1. The van der Waals surface area contributed by atoms with Crippen molar-refractivity contribution in [3.05, 3.63) is 65.2 Å². The molecule has 0 bridgehead atoms. The third kappa shape index (κ3) is 3.29. The van der Waals surface area contributed by atoms with Gasteiger partial charge in [0.1, 0.15) is 0 Å². The van der Waals surface area contributed by atoms with Gasteiger partial charge in [0.05, 0.1) is 16.8 Å². The summed E-state index contributed by atoms with van der Waals surface area (Å²) in [6.45, 7) is 7.64. The fourth-order valence-electron chi connectivity index (χ4n) is 4.34. The van der Waals surface area contributed by atoms with Crippen LogP contribution in [0.15, 0.2) is 48.5 Å². The highest BCUT2D eigenvalue weighted by molar-refractivity contribution is 6.07. The number of fused-ring (bicyclic) bond motifs is 1. The van der Waals surface area contributed by atoms with E-state index in [1.807, 2.05) is 35.2 Å². The van der Waals surface area contributed by atoms with Crippen molar-refractivity contribution in [2.45, 2.75) is 33.2 Å². The van der Waals surface area contributed by atoms with Crippen LogP contribution in [0.2, 0.25) is 0 Å². The molecule has 2 N–H and O–H groups in total. The predicted octanol–water partition coefficient (Wildman–Crippen LogP) is 4.33. The molecule has 0 spiro atoms. The summed E-state index contributed by atoms with van der Waals surface area (Å²) in [5.74, 6) is 0.457. The van der Waals surface area contributed by atoms with Gasteiger partial charge in [-0.15, -0.1) is 0 Å². The van der Waals surface area contributed by atoms with Gasteiger partial charge in [-0.05, 0) is 57.4 Å². The smallest absolute Gasteiger partial charge is 0.254 e. The van der Waals surface area contributed by atoms with Gasteiger partial charge in [0.2, 0.25) is 0 Å². The molecular formula is C24H27N3O. The van der Waals surface area contributed by atoms with Crippen molar-refractivity contribution in [3.8, 4) is 11.3 Å². The molecule has 3 aromatic rings. The lowest BCUT2D eigenvalue weighted by molar-refractivity contribution is 0.0745. The third-order valence-corrected chi connectivity index (χ3v) is 5.86. The van der Waals surface area contributed by atoms with Crippen molar-refractivity contribution < 1.29 is 4.79 Å². The lowest BCUT2D eigenvalue weighted by Gasteiger charge is -2.23. The van der Waals surface area contributed by atoms with E-state index >= 15 is 0 Å². The van der Waals surface area contributed by atoms with Crippen LogP contribution in [0.5, 0.6) is 0 Å². The van der Waals surface area contributed by atoms with E-state index < -0.39 is 0 Å². The molecule has 4 heteroatoms. The standard InChI is InChI=1S/C24H27N3O/c1-15-8-9-19(16(2)10-15)23-12-21(20-6-4-5-7-22(20)26-23)24(28)27-14-18(13-25)11-17(27)3/h4-10,12,17-18H,11,13-14,25H2,1-3H3. The highest BCUT2D eigenvalue weighted by Gasteiger charge is 2.33. The Kier molecular flexibility index (Phi) is 4.90. The first-order valence-corrected chi connectivity index (χ1v) is 9.96. The summed E-state index contributed by atoms with van der Waals surface area (Å²) >= 11 is 0. The van der Waals surface area contributed by atoms with Crippen molar-refractivity contribution >= 4 is 16.8 Å². The van der Waals surface area contributed by atoms with Crippen LogP contribution < -0.4 is 5.73 Å². The molecular weight excluding hydrogens is 346 g/mol. The summed E-state index contributed by atoms with van der Waals surface area (Å²) in [4.78, 5) is 20.4. The van der Waals surface area contributed by atoms with E-state index in [1.54, 1.807) is 0 Å². The van der Waals surface area contributed by atoms with Gasteiger partial charge in [-0.1, -0.05) is 42.0 Å². The molecule has 2 unspecified atom stereocenters. The molecule has 0 aliphatic carbocycles. The minimum atomic E-state index is 0.0769. The molecule has 2 heterocycles. The van der Waals surface area contributed by atoms with Crippen molar-refractivity contribution in [2.24, 2.45) is 11.7 Å². The summed E-state index contributed by atoms with van der Waals surface area (Å²) in [7, 11) is 0. The van der Waals surface area contributed by atoms with Crippen molar-refractivity contribution in [2.75, 3.05) is 13.1 Å². The summed E-state index contributed by atoms with van der Waals surface area (Å²) in [5.41, 5.74) is 11.8. The number of nitrogens with zero attached hydrogens (tertiary/aromatic N) is 2. The van der Waals surface area contributed by atoms with Gasteiger partial charge < -0.3 is 10.6 Å². The Hall–Kier alpha value is -2.72. The number of carbonyl (C=O) groups is 1. The fourth-order valence-corrected chi connectivity index (χ4v) is 4.34. The Labute approximate surface area is 166 Å². The van der Waals surface area contributed by atoms with Gasteiger partial charge >= 0.3 is 0 Å². The largest absolute Gasteiger partial charge is 0.336 e. The van der Waals surface area contributed by atoms with Crippen LogP contribution in [0.25, 0.3) is 22.2 Å². The van der Waals surface area contributed by atoms with E-state index in [4.69, 9.17) is 10.7 Å². The highest BCUT2D eigenvalue weighted by Crippen LogP contribution is 2.31. The van der Waals surface area contributed by atoms with Crippen LogP contribution in [0.1, 0.15) is 34.8 Å². The molecule has 4 rings (SSSR count). The maximum Gasteiger partial charge on any atom is 0.254 e. The second kappa shape index (κ2) is 7.36. The average Bonchev–Trinajstić information content (AvgIpc) is 3.07. The average molecular weight is 374 g/mol.